The minimum absolute atomic E-state index is 0.0215. The number of aromatic carboxylic acids is 1. The highest BCUT2D eigenvalue weighted by atomic mass is 79.9. The molecule has 0 aliphatic carbocycles. The Kier molecular flexibility index (Phi) is 5.42. The van der Waals surface area contributed by atoms with E-state index >= 15 is 0 Å². The van der Waals surface area contributed by atoms with E-state index in [0.29, 0.717) is 23.5 Å². The first kappa shape index (κ1) is 20.0. The number of sulfonamides is 1. The molecule has 148 valence electrons. The third-order valence-corrected chi connectivity index (χ3v) is 8.08. The first-order valence-electron chi connectivity index (χ1n) is 8.78. The molecule has 8 heteroatoms. The van der Waals surface area contributed by atoms with E-state index in [1.165, 1.54) is 28.2 Å². The molecule has 3 aromatic rings. The summed E-state index contributed by atoms with van der Waals surface area (Å²) in [5.41, 5.74) is 1.58. The smallest absolute Gasteiger partial charge is 0.336 e. The van der Waals surface area contributed by atoms with E-state index in [0.717, 1.165) is 14.9 Å². The van der Waals surface area contributed by atoms with E-state index in [9.17, 15) is 18.3 Å². The van der Waals surface area contributed by atoms with Gasteiger partial charge in [-0.05, 0) is 60.5 Å². The molecule has 0 fully saturated rings. The number of rotatable bonds is 5. The quantitative estimate of drug-likeness (QED) is 0.542. The lowest BCUT2D eigenvalue weighted by Crippen LogP contribution is -2.29. The second kappa shape index (κ2) is 7.85. The molecule has 0 radical (unpaired) electrons. The molecule has 0 saturated heterocycles. The Labute approximate surface area is 181 Å². The van der Waals surface area contributed by atoms with Crippen molar-refractivity contribution in [3.05, 3.63) is 82.3 Å². The Morgan fingerprint density at radius 3 is 2.48 bits per heavy atom. The van der Waals surface area contributed by atoms with Gasteiger partial charge in [-0.25, -0.2) is 13.2 Å². The predicted octanol–water partition coefficient (Wildman–Crippen LogP) is 5.05. The zero-order chi connectivity index (χ0) is 20.6. The van der Waals surface area contributed by atoms with Crippen molar-refractivity contribution in [3.8, 4) is 0 Å². The molecule has 0 unspecified atom stereocenters. The molecule has 0 spiro atoms. The highest BCUT2D eigenvalue weighted by Crippen LogP contribution is 2.36. The minimum atomic E-state index is -3.85. The summed E-state index contributed by atoms with van der Waals surface area (Å²) in [6.07, 6.45) is 0.638. The summed E-state index contributed by atoms with van der Waals surface area (Å²) >= 11 is 4.65. The van der Waals surface area contributed by atoms with Gasteiger partial charge in [-0.2, -0.15) is 0 Å². The van der Waals surface area contributed by atoms with Crippen LogP contribution in [0.15, 0.2) is 85.9 Å². The van der Waals surface area contributed by atoms with Crippen LogP contribution >= 0.6 is 27.7 Å². The van der Waals surface area contributed by atoms with Crippen LogP contribution in [0.3, 0.4) is 0 Å². The fourth-order valence-corrected chi connectivity index (χ4v) is 5.95. The van der Waals surface area contributed by atoms with E-state index in [2.05, 4.69) is 15.9 Å². The van der Waals surface area contributed by atoms with Gasteiger partial charge in [0.2, 0.25) is 0 Å². The number of benzene rings is 3. The van der Waals surface area contributed by atoms with Crippen LogP contribution in [0.5, 0.6) is 0 Å². The van der Waals surface area contributed by atoms with Crippen molar-refractivity contribution < 1.29 is 18.3 Å². The molecule has 3 aromatic carbocycles. The number of para-hydroxylation sites is 1. The molecule has 1 heterocycles. The second-order valence-electron chi connectivity index (χ2n) is 6.47. The van der Waals surface area contributed by atoms with Crippen molar-refractivity contribution in [1.29, 1.82) is 0 Å². The van der Waals surface area contributed by atoms with Crippen molar-refractivity contribution in [1.82, 2.24) is 0 Å². The van der Waals surface area contributed by atoms with Gasteiger partial charge >= 0.3 is 5.97 Å². The summed E-state index contributed by atoms with van der Waals surface area (Å²) in [5.74, 6) is -1.16. The number of carboxylic acids is 1. The van der Waals surface area contributed by atoms with E-state index in [-0.39, 0.29) is 10.5 Å². The number of hydrogen-bond acceptors (Lipinski definition) is 4. The summed E-state index contributed by atoms with van der Waals surface area (Å²) in [7, 11) is -3.85. The van der Waals surface area contributed by atoms with Gasteiger partial charge in [0.1, 0.15) is 0 Å². The Balaban J connectivity index is 1.71. The van der Waals surface area contributed by atoms with Gasteiger partial charge in [-0.1, -0.05) is 45.9 Å². The SMILES string of the molecule is O=C(O)c1cc(S(=O)(=O)N2CCc3ccccc32)ccc1Sc1ccc(Br)cc1. The van der Waals surface area contributed by atoms with Crippen molar-refractivity contribution in [2.24, 2.45) is 0 Å². The average Bonchev–Trinajstić information content (AvgIpc) is 3.15. The molecule has 5 nitrogen and oxygen atoms in total. The maximum Gasteiger partial charge on any atom is 0.336 e. The van der Waals surface area contributed by atoms with E-state index in [1.54, 1.807) is 18.2 Å². The van der Waals surface area contributed by atoms with Gasteiger partial charge in [0.05, 0.1) is 16.1 Å². The number of anilines is 1. The first-order chi connectivity index (χ1) is 13.9. The normalized spacial score (nSPS) is 13.3. The van der Waals surface area contributed by atoms with Crippen LogP contribution in [-0.4, -0.2) is 26.0 Å². The number of carboxylic acid groups (broad SMARTS) is 1. The van der Waals surface area contributed by atoms with Crippen LogP contribution in [0.2, 0.25) is 0 Å². The molecular weight excluding hydrogens is 474 g/mol. The summed E-state index contributed by atoms with van der Waals surface area (Å²) in [5, 5.41) is 9.67. The van der Waals surface area contributed by atoms with Crippen LogP contribution in [0.25, 0.3) is 0 Å². The number of nitrogens with zero attached hydrogens (tertiary/aromatic N) is 1. The fraction of sp³-hybridized carbons (Fsp3) is 0.0952. The Morgan fingerprint density at radius 1 is 1.03 bits per heavy atom. The van der Waals surface area contributed by atoms with Crippen molar-refractivity contribution in [3.63, 3.8) is 0 Å². The molecule has 1 aliphatic rings. The lowest BCUT2D eigenvalue weighted by Gasteiger charge is -2.20. The molecule has 1 aliphatic heterocycles. The Hall–Kier alpha value is -2.29. The van der Waals surface area contributed by atoms with Gasteiger partial charge in [0, 0.05) is 20.8 Å². The molecule has 0 atom stereocenters. The lowest BCUT2D eigenvalue weighted by atomic mass is 10.2. The highest BCUT2D eigenvalue weighted by Gasteiger charge is 2.31. The predicted molar refractivity (Wildman–Crippen MR) is 116 cm³/mol. The van der Waals surface area contributed by atoms with Gasteiger partial charge in [-0.15, -0.1) is 0 Å². The van der Waals surface area contributed by atoms with Crippen molar-refractivity contribution in [2.45, 2.75) is 21.1 Å². The van der Waals surface area contributed by atoms with E-state index < -0.39 is 16.0 Å². The zero-order valence-corrected chi connectivity index (χ0v) is 18.3. The van der Waals surface area contributed by atoms with Crippen LogP contribution in [0.1, 0.15) is 15.9 Å². The first-order valence-corrected chi connectivity index (χ1v) is 11.8. The third kappa shape index (κ3) is 3.92. The molecule has 29 heavy (non-hydrogen) atoms. The largest absolute Gasteiger partial charge is 0.478 e. The Bertz CT molecular complexity index is 1190. The standard InChI is InChI=1S/C21H16BrNO4S2/c22-15-5-7-16(8-6-15)28-20-10-9-17(13-18(20)21(24)25)29(26,27)23-12-11-14-3-1-2-4-19(14)23/h1-10,13H,11-12H2,(H,24,25). The molecule has 1 N–H and O–H groups in total. The summed E-state index contributed by atoms with van der Waals surface area (Å²) in [4.78, 5) is 13.2. The molecule has 0 bridgehead atoms. The molecule has 4 rings (SSSR count). The second-order valence-corrected chi connectivity index (χ2v) is 10.4. The number of hydrogen-bond donors (Lipinski definition) is 1. The Morgan fingerprint density at radius 2 is 1.76 bits per heavy atom. The van der Waals surface area contributed by atoms with Crippen LogP contribution in [-0.2, 0) is 16.4 Å². The fourth-order valence-electron chi connectivity index (χ4n) is 3.24. The van der Waals surface area contributed by atoms with Gasteiger partial charge in [0.15, 0.2) is 0 Å². The number of fused-ring (bicyclic) bond motifs is 1. The van der Waals surface area contributed by atoms with Crippen molar-refractivity contribution >= 4 is 49.4 Å². The average molecular weight is 490 g/mol. The summed E-state index contributed by atoms with van der Waals surface area (Å²) in [6.45, 7) is 0.347. The van der Waals surface area contributed by atoms with Gasteiger partial charge in [-0.3, -0.25) is 4.31 Å². The minimum Gasteiger partial charge on any atom is -0.478 e. The maximum absolute atomic E-state index is 13.2. The molecule has 0 amide bonds. The van der Waals surface area contributed by atoms with Gasteiger partial charge in [0.25, 0.3) is 10.0 Å². The van der Waals surface area contributed by atoms with E-state index in [1.807, 2.05) is 36.4 Å². The number of carbonyl (C=O) groups is 1. The molecule has 0 saturated carbocycles. The number of halogens is 1. The highest BCUT2D eigenvalue weighted by molar-refractivity contribution is 9.10. The monoisotopic (exact) mass is 489 g/mol. The molecular formula is C21H16BrNO4S2. The zero-order valence-electron chi connectivity index (χ0n) is 15.1. The maximum atomic E-state index is 13.2. The van der Waals surface area contributed by atoms with Crippen LogP contribution in [0.4, 0.5) is 5.69 Å². The van der Waals surface area contributed by atoms with Crippen LogP contribution in [0, 0.1) is 0 Å². The summed E-state index contributed by atoms with van der Waals surface area (Å²) in [6, 6.07) is 19.1. The third-order valence-electron chi connectivity index (χ3n) is 4.66. The summed E-state index contributed by atoms with van der Waals surface area (Å²) < 4.78 is 28.7. The van der Waals surface area contributed by atoms with Gasteiger partial charge < -0.3 is 5.11 Å². The van der Waals surface area contributed by atoms with E-state index in [4.69, 9.17) is 0 Å². The molecule has 0 aromatic heterocycles. The lowest BCUT2D eigenvalue weighted by molar-refractivity contribution is 0.0693. The van der Waals surface area contributed by atoms with Crippen molar-refractivity contribution in [2.75, 3.05) is 10.8 Å². The van der Waals surface area contributed by atoms with Crippen LogP contribution < -0.4 is 4.31 Å². The topological polar surface area (TPSA) is 74.7 Å².